The van der Waals surface area contributed by atoms with Gasteiger partial charge in [-0.2, -0.15) is 0 Å². The van der Waals surface area contributed by atoms with Crippen LogP contribution in [0.25, 0.3) is 0 Å². The normalized spacial score (nSPS) is 13.4. The van der Waals surface area contributed by atoms with Crippen molar-refractivity contribution >= 4 is 70.3 Å². The third-order valence-corrected chi connectivity index (χ3v) is 5.55. The molecule has 0 radical (unpaired) electrons. The van der Waals surface area contributed by atoms with E-state index in [2.05, 4.69) is 10.6 Å². The molecule has 0 aliphatic heterocycles. The van der Waals surface area contributed by atoms with E-state index in [1.54, 1.807) is 24.3 Å². The van der Waals surface area contributed by atoms with E-state index in [0.29, 0.717) is 0 Å². The van der Waals surface area contributed by atoms with Gasteiger partial charge in [0.1, 0.15) is 0 Å². The molecule has 4 unspecified atom stereocenters. The summed E-state index contributed by atoms with van der Waals surface area (Å²) in [7, 11) is 0. The molecule has 2 aromatic carbocycles. The third-order valence-electron chi connectivity index (χ3n) is 4.89. The highest BCUT2D eigenvalue weighted by atomic mass is 35.5. The van der Waals surface area contributed by atoms with Gasteiger partial charge in [-0.15, -0.1) is 0 Å². The Morgan fingerprint density at radius 1 is 0.550 bits per heavy atom. The van der Waals surface area contributed by atoms with Gasteiger partial charge in [-0.05, 0) is 24.3 Å². The number of carbonyl (C=O) groups is 6. The molecule has 4 atom stereocenters. The number of halogens is 2. The standard InChI is InChI=1S/C26H26Cl2N2O10/c1-13(31)37-21(23(39-15(3)33)25(35)29-19-11-7-5-9-17(19)27)22(38-14(2)32)24(40-16(4)34)26(36)30-20-12-8-6-10-18(20)28/h5-12,21-24H,1-4H3,(H,29,35)(H,30,36). The number of rotatable bonds is 11. The van der Waals surface area contributed by atoms with Crippen LogP contribution < -0.4 is 10.6 Å². The van der Waals surface area contributed by atoms with Crippen molar-refractivity contribution in [2.24, 2.45) is 0 Å². The van der Waals surface area contributed by atoms with Crippen LogP contribution in [0.2, 0.25) is 10.0 Å². The highest BCUT2D eigenvalue weighted by Crippen LogP contribution is 2.26. The van der Waals surface area contributed by atoms with Gasteiger partial charge in [0.15, 0.2) is 12.2 Å². The first-order valence-electron chi connectivity index (χ1n) is 11.6. The summed E-state index contributed by atoms with van der Waals surface area (Å²) >= 11 is 12.2. The first-order valence-corrected chi connectivity index (χ1v) is 12.3. The lowest BCUT2D eigenvalue weighted by Gasteiger charge is -2.34. The molecule has 0 spiro atoms. The van der Waals surface area contributed by atoms with E-state index in [4.69, 9.17) is 42.1 Å². The van der Waals surface area contributed by atoms with E-state index in [9.17, 15) is 28.8 Å². The van der Waals surface area contributed by atoms with Crippen LogP contribution in [-0.4, -0.2) is 60.1 Å². The summed E-state index contributed by atoms with van der Waals surface area (Å²) in [5.74, 6) is -6.17. The van der Waals surface area contributed by atoms with Crippen molar-refractivity contribution in [3.8, 4) is 0 Å². The predicted octanol–water partition coefficient (Wildman–Crippen LogP) is 3.30. The first kappa shape index (κ1) is 32.1. The van der Waals surface area contributed by atoms with Crippen LogP contribution in [0.4, 0.5) is 11.4 Å². The van der Waals surface area contributed by atoms with Crippen molar-refractivity contribution in [3.63, 3.8) is 0 Å². The van der Waals surface area contributed by atoms with Gasteiger partial charge in [0.2, 0.25) is 12.2 Å². The van der Waals surface area contributed by atoms with Gasteiger partial charge < -0.3 is 29.6 Å². The Labute approximate surface area is 239 Å². The third kappa shape index (κ3) is 9.54. The van der Waals surface area contributed by atoms with Gasteiger partial charge in [-0.25, -0.2) is 0 Å². The van der Waals surface area contributed by atoms with E-state index in [0.717, 1.165) is 27.7 Å². The Morgan fingerprint density at radius 2 is 0.850 bits per heavy atom. The molecule has 0 saturated heterocycles. The monoisotopic (exact) mass is 596 g/mol. The topological polar surface area (TPSA) is 163 Å². The quantitative estimate of drug-likeness (QED) is 0.290. The van der Waals surface area contributed by atoms with Crippen molar-refractivity contribution in [3.05, 3.63) is 58.6 Å². The second kappa shape index (κ2) is 14.8. The van der Waals surface area contributed by atoms with E-state index in [-0.39, 0.29) is 21.4 Å². The van der Waals surface area contributed by atoms with Crippen molar-refractivity contribution in [1.29, 1.82) is 0 Å². The van der Waals surface area contributed by atoms with Gasteiger partial charge in [-0.3, -0.25) is 28.8 Å². The Bertz CT molecular complexity index is 1190. The van der Waals surface area contributed by atoms with Crippen molar-refractivity contribution in [2.45, 2.75) is 52.1 Å². The molecule has 14 heteroatoms. The smallest absolute Gasteiger partial charge is 0.303 e. The molecule has 0 aliphatic carbocycles. The molecule has 0 aliphatic rings. The Hall–Kier alpha value is -4.16. The second-order valence-corrected chi connectivity index (χ2v) is 8.96. The maximum absolute atomic E-state index is 13.4. The minimum atomic E-state index is -2.02. The van der Waals surface area contributed by atoms with E-state index >= 15 is 0 Å². The molecule has 2 aromatic rings. The van der Waals surface area contributed by atoms with E-state index in [1.807, 2.05) is 0 Å². The summed E-state index contributed by atoms with van der Waals surface area (Å²) in [6.07, 6.45) is -8.02. The number of benzene rings is 2. The molecule has 12 nitrogen and oxygen atoms in total. The Kier molecular flexibility index (Phi) is 11.9. The van der Waals surface area contributed by atoms with Crippen molar-refractivity contribution in [2.75, 3.05) is 10.6 Å². The number of esters is 4. The lowest BCUT2D eigenvalue weighted by Crippen LogP contribution is -2.57. The number of para-hydroxylation sites is 2. The fourth-order valence-electron chi connectivity index (χ4n) is 3.42. The summed E-state index contributed by atoms with van der Waals surface area (Å²) in [4.78, 5) is 75.0. The summed E-state index contributed by atoms with van der Waals surface area (Å²) in [6.45, 7) is 3.85. The Balaban J connectivity index is 2.62. The number of carbonyl (C=O) groups excluding carboxylic acids is 6. The van der Waals surface area contributed by atoms with E-state index < -0.39 is 60.1 Å². The fraction of sp³-hybridized carbons (Fsp3) is 0.308. The molecule has 0 fully saturated rings. The predicted molar refractivity (Wildman–Crippen MR) is 142 cm³/mol. The second-order valence-electron chi connectivity index (χ2n) is 8.15. The molecule has 40 heavy (non-hydrogen) atoms. The number of nitrogens with one attached hydrogen (secondary N) is 2. The number of amides is 2. The summed E-state index contributed by atoms with van der Waals surface area (Å²) in [5, 5.41) is 5.10. The largest absolute Gasteiger partial charge is 0.454 e. The molecule has 2 amide bonds. The SMILES string of the molecule is CC(=O)OC(C(=O)Nc1ccccc1Cl)C(OC(C)=O)C(OC(C)=O)C(OC(C)=O)C(=O)Nc1ccccc1Cl. The number of anilines is 2. The zero-order valence-corrected chi connectivity index (χ0v) is 23.3. The molecule has 0 bridgehead atoms. The zero-order chi connectivity index (χ0) is 30.0. The minimum Gasteiger partial charge on any atom is -0.454 e. The highest BCUT2D eigenvalue weighted by Gasteiger charge is 2.49. The first-order chi connectivity index (χ1) is 18.8. The number of ether oxygens (including phenoxy) is 4. The molecule has 2 rings (SSSR count). The van der Waals surface area contributed by atoms with Crippen LogP contribution in [0.3, 0.4) is 0 Å². The summed E-state index contributed by atoms with van der Waals surface area (Å²) in [6, 6.07) is 12.1. The maximum atomic E-state index is 13.4. The van der Waals surface area contributed by atoms with Crippen LogP contribution >= 0.6 is 23.2 Å². The van der Waals surface area contributed by atoms with Gasteiger partial charge in [0.05, 0.1) is 21.4 Å². The Morgan fingerprint density at radius 3 is 1.12 bits per heavy atom. The molecule has 214 valence electrons. The van der Waals surface area contributed by atoms with Gasteiger partial charge >= 0.3 is 23.9 Å². The zero-order valence-electron chi connectivity index (χ0n) is 21.8. The van der Waals surface area contributed by atoms with Crippen LogP contribution in [0, 0.1) is 0 Å². The average Bonchev–Trinajstić information content (AvgIpc) is 2.85. The van der Waals surface area contributed by atoms with Crippen molar-refractivity contribution in [1.82, 2.24) is 0 Å². The van der Waals surface area contributed by atoms with Gasteiger partial charge in [0.25, 0.3) is 11.8 Å². The van der Waals surface area contributed by atoms with Crippen LogP contribution in [-0.2, 0) is 47.7 Å². The molecule has 0 aromatic heterocycles. The lowest BCUT2D eigenvalue weighted by atomic mass is 10.00. The maximum Gasteiger partial charge on any atom is 0.303 e. The van der Waals surface area contributed by atoms with E-state index in [1.165, 1.54) is 24.3 Å². The van der Waals surface area contributed by atoms with Crippen molar-refractivity contribution < 1.29 is 47.7 Å². The van der Waals surface area contributed by atoms with Crippen LogP contribution in [0.1, 0.15) is 27.7 Å². The van der Waals surface area contributed by atoms with Gasteiger partial charge in [-0.1, -0.05) is 47.5 Å². The molecular formula is C26H26Cl2N2O10. The lowest BCUT2D eigenvalue weighted by molar-refractivity contribution is -0.198. The highest BCUT2D eigenvalue weighted by molar-refractivity contribution is 6.34. The average molecular weight is 597 g/mol. The summed E-state index contributed by atoms with van der Waals surface area (Å²) < 4.78 is 20.9. The number of hydrogen-bond donors (Lipinski definition) is 2. The molecule has 0 saturated carbocycles. The summed E-state index contributed by atoms with van der Waals surface area (Å²) in [5.41, 5.74) is 0.204. The minimum absolute atomic E-state index is 0.102. The fourth-order valence-corrected chi connectivity index (χ4v) is 3.78. The molecular weight excluding hydrogens is 571 g/mol. The van der Waals surface area contributed by atoms with Crippen LogP contribution in [0.15, 0.2) is 48.5 Å². The molecule has 2 N–H and O–H groups in total. The van der Waals surface area contributed by atoms with Gasteiger partial charge in [0, 0.05) is 27.7 Å². The number of hydrogen-bond acceptors (Lipinski definition) is 10. The van der Waals surface area contributed by atoms with Crippen LogP contribution in [0.5, 0.6) is 0 Å². The molecule has 0 heterocycles.